The van der Waals surface area contributed by atoms with E-state index in [0.29, 0.717) is 56.0 Å². The summed E-state index contributed by atoms with van der Waals surface area (Å²) < 4.78 is 33.0. The summed E-state index contributed by atoms with van der Waals surface area (Å²) >= 11 is 8.41. The maximum atomic E-state index is 14.2. The van der Waals surface area contributed by atoms with Gasteiger partial charge in [-0.05, 0) is 78.2 Å². The van der Waals surface area contributed by atoms with Crippen molar-refractivity contribution in [2.24, 2.45) is 0 Å². The lowest BCUT2D eigenvalue weighted by atomic mass is 9.96. The zero-order valence-corrected chi connectivity index (χ0v) is 35.7. The molecule has 4 heterocycles. The molecule has 0 radical (unpaired) electrons. The third kappa shape index (κ3) is 9.70. The van der Waals surface area contributed by atoms with E-state index >= 15 is 0 Å². The average Bonchev–Trinajstić information content (AvgIpc) is 3.68. The van der Waals surface area contributed by atoms with Gasteiger partial charge in [-0.25, -0.2) is 29.1 Å². The number of carboxylic acid groups (broad SMARTS) is 1. The van der Waals surface area contributed by atoms with E-state index in [4.69, 9.17) is 25.8 Å². The summed E-state index contributed by atoms with van der Waals surface area (Å²) in [4.78, 5) is 37.1. The van der Waals surface area contributed by atoms with Crippen molar-refractivity contribution in [2.45, 2.75) is 32.7 Å². The number of rotatable bonds is 16. The topological polar surface area (TPSA) is 143 Å². The first-order chi connectivity index (χ1) is 30.1. The van der Waals surface area contributed by atoms with Crippen molar-refractivity contribution in [1.29, 1.82) is 0 Å². The number of hydrogen-bond acceptors (Lipinski definition) is 12. The maximum Gasteiger partial charge on any atom is 0.345 e. The minimum absolute atomic E-state index is 0.0602. The van der Waals surface area contributed by atoms with Gasteiger partial charge in [0.15, 0.2) is 5.82 Å². The molecule has 0 bridgehead atoms. The van der Waals surface area contributed by atoms with Crippen LogP contribution in [0.1, 0.15) is 22.4 Å². The lowest BCUT2D eigenvalue weighted by Gasteiger charge is -2.32. The van der Waals surface area contributed by atoms with Crippen LogP contribution in [-0.4, -0.2) is 98.4 Å². The lowest BCUT2D eigenvalue weighted by Crippen LogP contribution is -2.45. The van der Waals surface area contributed by atoms with Crippen LogP contribution < -0.4 is 14.2 Å². The quantitative estimate of drug-likeness (QED) is 0.0964. The number of carboxylic acids is 1. The molecular weight excluding hydrogens is 831 g/mol. The Morgan fingerprint density at radius 1 is 0.919 bits per heavy atom. The van der Waals surface area contributed by atoms with Crippen molar-refractivity contribution >= 4 is 39.1 Å². The second-order valence-electron chi connectivity index (χ2n) is 15.0. The molecule has 0 amide bonds. The van der Waals surface area contributed by atoms with E-state index in [2.05, 4.69) is 36.8 Å². The van der Waals surface area contributed by atoms with E-state index in [1.54, 1.807) is 48.7 Å². The summed E-state index contributed by atoms with van der Waals surface area (Å²) in [5.41, 5.74) is 5.59. The molecule has 1 atom stereocenters. The molecule has 3 aromatic heterocycles. The number of piperazine rings is 1. The number of carbonyl (C=O) groups is 1. The Balaban J connectivity index is 1.08. The molecule has 62 heavy (non-hydrogen) atoms. The molecule has 8 rings (SSSR count). The lowest BCUT2D eigenvalue weighted by molar-refractivity contribution is -0.145. The molecule has 1 aliphatic heterocycles. The summed E-state index contributed by atoms with van der Waals surface area (Å²) in [6.07, 6.45) is 1.54. The number of nitrogens with zero attached hydrogens (tertiary/aromatic N) is 6. The largest absolute Gasteiger partial charge is 0.491 e. The molecule has 0 saturated carbocycles. The second-order valence-corrected chi connectivity index (χ2v) is 16.4. The van der Waals surface area contributed by atoms with Gasteiger partial charge in [0.2, 0.25) is 12.0 Å². The molecule has 4 aromatic carbocycles. The van der Waals surface area contributed by atoms with Crippen LogP contribution in [0.25, 0.3) is 43.2 Å². The van der Waals surface area contributed by atoms with E-state index in [9.17, 15) is 19.4 Å². The van der Waals surface area contributed by atoms with Crippen molar-refractivity contribution in [1.82, 2.24) is 29.7 Å². The zero-order valence-electron chi connectivity index (χ0n) is 34.1. The van der Waals surface area contributed by atoms with E-state index < -0.39 is 12.1 Å². The van der Waals surface area contributed by atoms with Crippen LogP contribution in [0, 0.1) is 12.7 Å². The Hall–Kier alpha value is -6.03. The number of benzene rings is 4. The number of thiophene rings is 1. The van der Waals surface area contributed by atoms with Gasteiger partial charge in [0.1, 0.15) is 41.7 Å². The Kier molecular flexibility index (Phi) is 13.3. The van der Waals surface area contributed by atoms with Gasteiger partial charge >= 0.3 is 5.97 Å². The summed E-state index contributed by atoms with van der Waals surface area (Å²) in [5.74, 6) is -0.00962. The molecule has 15 heteroatoms. The molecule has 0 spiro atoms. The second kappa shape index (κ2) is 19.3. The molecule has 0 aliphatic carbocycles. The van der Waals surface area contributed by atoms with E-state index in [1.807, 2.05) is 43.3 Å². The van der Waals surface area contributed by atoms with Gasteiger partial charge < -0.3 is 29.3 Å². The molecule has 12 nitrogen and oxygen atoms in total. The standard InChI is InChI=1S/C47H44ClFN6O6S/c1-29-36(14-15-38(42(29)48)59-23-22-55-20-18-54(2)19-21-55)40-41-45(51-28-52-46(41)62-43(40)31-10-12-34(49)13-11-31)61-39(47(57)58)25-32-7-3-4-9-37(32)60-27-35-16-17-50-44(53-35)33-8-5-6-30(24-33)26-56/h3-17,24,28,39,56H,18-23,25-27H2,1-2H3,(H,57,58)/t39-/m1/s1. The molecule has 7 aromatic rings. The number of hydrogen-bond donors (Lipinski definition) is 2. The summed E-state index contributed by atoms with van der Waals surface area (Å²) in [6.45, 7) is 7.13. The number of halogens is 2. The average molecular weight is 875 g/mol. The van der Waals surface area contributed by atoms with Crippen LogP contribution in [0.2, 0.25) is 5.02 Å². The predicted octanol–water partition coefficient (Wildman–Crippen LogP) is 8.36. The SMILES string of the molecule is Cc1c(-c2c(-c3ccc(F)cc3)sc3ncnc(O[C@H](Cc4ccccc4OCc4ccnc(-c5cccc(CO)c5)n4)C(=O)O)c23)ccc(OCCN2CCN(C)CC2)c1Cl. The smallest absolute Gasteiger partial charge is 0.345 e. The van der Waals surface area contributed by atoms with Gasteiger partial charge in [-0.3, -0.25) is 4.90 Å². The van der Waals surface area contributed by atoms with Crippen LogP contribution in [0.5, 0.6) is 17.4 Å². The highest BCUT2D eigenvalue weighted by Crippen LogP contribution is 2.49. The molecule has 0 unspecified atom stereocenters. The van der Waals surface area contributed by atoms with Gasteiger partial charge in [-0.2, -0.15) is 0 Å². The highest BCUT2D eigenvalue weighted by Gasteiger charge is 2.28. The molecular formula is C47H44ClFN6O6S. The van der Waals surface area contributed by atoms with E-state index in [1.165, 1.54) is 29.8 Å². The number of aliphatic carboxylic acids is 1. The van der Waals surface area contributed by atoms with Gasteiger partial charge in [-0.15, -0.1) is 11.3 Å². The summed E-state index contributed by atoms with van der Waals surface area (Å²) in [6, 6.07) is 26.2. The summed E-state index contributed by atoms with van der Waals surface area (Å²) in [5, 5.41) is 21.1. The Labute approximate surface area is 367 Å². The number of ether oxygens (including phenoxy) is 3. The third-order valence-electron chi connectivity index (χ3n) is 10.8. The minimum atomic E-state index is -1.38. The molecule has 1 fully saturated rings. The van der Waals surface area contributed by atoms with Crippen molar-refractivity contribution in [2.75, 3.05) is 46.4 Å². The first-order valence-electron chi connectivity index (χ1n) is 20.1. The number of aliphatic hydroxyl groups is 1. The monoisotopic (exact) mass is 874 g/mol. The van der Waals surface area contributed by atoms with Crippen molar-refractivity contribution in [3.63, 3.8) is 0 Å². The Morgan fingerprint density at radius 2 is 1.73 bits per heavy atom. The predicted molar refractivity (Wildman–Crippen MR) is 237 cm³/mol. The summed E-state index contributed by atoms with van der Waals surface area (Å²) in [7, 11) is 2.12. The van der Waals surface area contributed by atoms with Gasteiger partial charge in [-0.1, -0.05) is 66.2 Å². The molecule has 318 valence electrons. The normalized spacial score (nSPS) is 13.9. The Morgan fingerprint density at radius 3 is 2.52 bits per heavy atom. The third-order valence-corrected chi connectivity index (χ3v) is 12.4. The highest BCUT2D eigenvalue weighted by atomic mass is 35.5. The van der Waals surface area contributed by atoms with Gasteiger partial charge in [0, 0.05) is 61.3 Å². The van der Waals surface area contributed by atoms with Crippen LogP contribution in [0.15, 0.2) is 104 Å². The fourth-order valence-electron chi connectivity index (χ4n) is 7.36. The Bertz CT molecular complexity index is 2690. The highest BCUT2D eigenvalue weighted by molar-refractivity contribution is 7.22. The number of aliphatic hydroxyl groups excluding tert-OH is 1. The fourth-order valence-corrected chi connectivity index (χ4v) is 8.73. The van der Waals surface area contributed by atoms with Gasteiger partial charge in [0.05, 0.1) is 22.7 Å². The number of para-hydroxylation sites is 1. The van der Waals surface area contributed by atoms with Crippen LogP contribution in [-0.2, 0) is 24.4 Å². The number of fused-ring (bicyclic) bond motifs is 1. The van der Waals surface area contributed by atoms with Crippen molar-refractivity contribution < 1.29 is 33.6 Å². The minimum Gasteiger partial charge on any atom is -0.491 e. The van der Waals surface area contributed by atoms with Crippen LogP contribution in [0.4, 0.5) is 4.39 Å². The number of likely N-dealkylation sites (N-methyl/N-ethyl adjacent to an activating group) is 1. The first kappa shape index (κ1) is 42.7. The fraction of sp³-hybridized carbons (Fsp3) is 0.255. The molecule has 2 N–H and O–H groups in total. The molecule has 1 aliphatic rings. The van der Waals surface area contributed by atoms with Crippen LogP contribution >= 0.6 is 22.9 Å². The zero-order chi connectivity index (χ0) is 43.2. The van der Waals surface area contributed by atoms with Crippen LogP contribution in [0.3, 0.4) is 0 Å². The van der Waals surface area contributed by atoms with Gasteiger partial charge in [0.25, 0.3) is 0 Å². The first-order valence-corrected chi connectivity index (χ1v) is 21.3. The maximum absolute atomic E-state index is 14.2. The molecule has 1 saturated heterocycles. The number of aromatic nitrogens is 4. The van der Waals surface area contributed by atoms with E-state index in [0.717, 1.165) is 65.4 Å². The van der Waals surface area contributed by atoms with Crippen molar-refractivity contribution in [3.05, 3.63) is 137 Å². The van der Waals surface area contributed by atoms with E-state index in [-0.39, 0.29) is 31.3 Å². The van der Waals surface area contributed by atoms with Crippen molar-refractivity contribution in [3.8, 4) is 50.3 Å².